The third kappa shape index (κ3) is 8.21. The van der Waals surface area contributed by atoms with E-state index in [4.69, 9.17) is 30.8 Å². The highest BCUT2D eigenvalue weighted by Crippen LogP contribution is 2.46. The molecule has 2 aromatic carbocycles. The predicted molar refractivity (Wildman–Crippen MR) is 198 cm³/mol. The fraction of sp³-hybridized carbons (Fsp3) is 0.400. The molecular weight excluding hydrogens is 739 g/mol. The minimum absolute atomic E-state index is 0.00839. The van der Waals surface area contributed by atoms with Crippen molar-refractivity contribution in [3.8, 4) is 40.0 Å². The van der Waals surface area contributed by atoms with Crippen molar-refractivity contribution in [1.29, 1.82) is 0 Å². The Hall–Kier alpha value is -4.92. The highest BCUT2D eigenvalue weighted by atomic mass is 35.5. The summed E-state index contributed by atoms with van der Waals surface area (Å²) < 4.78 is 60.7. The molecular formula is C40H41ClF3N5O6. The van der Waals surface area contributed by atoms with E-state index < -0.39 is 35.6 Å². The fourth-order valence-electron chi connectivity index (χ4n) is 7.73. The second-order valence-electron chi connectivity index (χ2n) is 14.1. The smallest absolute Gasteiger partial charge is 0.421 e. The summed E-state index contributed by atoms with van der Waals surface area (Å²) >= 11 is 7.11. The van der Waals surface area contributed by atoms with Crippen molar-refractivity contribution >= 4 is 23.5 Å². The number of ether oxygens (including phenoxy) is 3. The van der Waals surface area contributed by atoms with Gasteiger partial charge in [0, 0.05) is 60.9 Å². The average molecular weight is 780 g/mol. The van der Waals surface area contributed by atoms with Crippen LogP contribution in [0.3, 0.4) is 0 Å². The molecule has 4 heterocycles. The van der Waals surface area contributed by atoms with Gasteiger partial charge in [-0.2, -0.15) is 18.2 Å². The number of benzene rings is 2. The molecule has 0 spiro atoms. The second-order valence-corrected chi connectivity index (χ2v) is 14.4. The maximum atomic E-state index is 14.5. The largest absolute Gasteiger partial charge is 0.481 e. The van der Waals surface area contributed by atoms with E-state index in [0.717, 1.165) is 40.3 Å². The zero-order chi connectivity index (χ0) is 38.9. The van der Waals surface area contributed by atoms with Gasteiger partial charge in [0.15, 0.2) is 0 Å². The van der Waals surface area contributed by atoms with E-state index in [1.165, 1.54) is 7.11 Å². The summed E-state index contributed by atoms with van der Waals surface area (Å²) in [5.41, 5.74) is 4.56. The maximum Gasteiger partial charge on any atom is 0.421 e. The van der Waals surface area contributed by atoms with Crippen LogP contribution >= 0.6 is 11.6 Å². The number of hydrogen-bond donors (Lipinski definition) is 3. The fourth-order valence-corrected chi connectivity index (χ4v) is 8.05. The van der Waals surface area contributed by atoms with E-state index in [9.17, 15) is 27.9 Å². The van der Waals surface area contributed by atoms with Crippen molar-refractivity contribution in [2.75, 3.05) is 33.9 Å². The van der Waals surface area contributed by atoms with Crippen LogP contribution in [-0.2, 0) is 35.3 Å². The van der Waals surface area contributed by atoms with Crippen LogP contribution < -0.4 is 24.8 Å². The normalized spacial score (nSPS) is 19.7. The number of rotatable bonds is 13. The van der Waals surface area contributed by atoms with E-state index in [0.29, 0.717) is 67.5 Å². The van der Waals surface area contributed by atoms with E-state index >= 15 is 0 Å². The lowest BCUT2D eigenvalue weighted by atomic mass is 9.94. The summed E-state index contributed by atoms with van der Waals surface area (Å²) in [4.78, 5) is 33.7. The van der Waals surface area contributed by atoms with Crippen molar-refractivity contribution in [3.63, 3.8) is 0 Å². The van der Waals surface area contributed by atoms with Crippen LogP contribution in [-0.4, -0.2) is 71.7 Å². The van der Waals surface area contributed by atoms with Crippen LogP contribution in [0.5, 0.6) is 17.6 Å². The van der Waals surface area contributed by atoms with Crippen molar-refractivity contribution < 1.29 is 42.1 Å². The summed E-state index contributed by atoms with van der Waals surface area (Å²) in [6.07, 6.45) is -2.78. The average Bonchev–Trinajstić information content (AvgIpc) is 3.92. The first-order valence-electron chi connectivity index (χ1n) is 18.2. The van der Waals surface area contributed by atoms with Gasteiger partial charge in [-0.15, -0.1) is 0 Å². The lowest BCUT2D eigenvalue weighted by Gasteiger charge is -2.22. The molecule has 2 fully saturated rings. The number of amides is 1. The molecule has 0 unspecified atom stereocenters. The number of fused-ring (bicyclic) bond motifs is 1. The first-order valence-corrected chi connectivity index (χ1v) is 18.5. The molecule has 2 saturated heterocycles. The number of nitrogens with one attached hydrogen (secondary N) is 2. The summed E-state index contributed by atoms with van der Waals surface area (Å²) in [6, 6.07) is 16.2. The first-order chi connectivity index (χ1) is 26.4. The number of pyridine rings is 2. The summed E-state index contributed by atoms with van der Waals surface area (Å²) in [5, 5.41) is 16.1. The summed E-state index contributed by atoms with van der Waals surface area (Å²) in [7, 11) is 2.89. The van der Waals surface area contributed by atoms with Gasteiger partial charge in [-0.1, -0.05) is 54.1 Å². The molecule has 3 atom stereocenters. The number of carboxylic acids is 1. The molecule has 3 N–H and O–H groups in total. The zero-order valence-electron chi connectivity index (χ0n) is 30.3. The number of carboxylic acid groups (broad SMARTS) is 1. The van der Waals surface area contributed by atoms with E-state index in [1.54, 1.807) is 12.0 Å². The number of carbonyl (C=O) groups is 2. The Kier molecular flexibility index (Phi) is 11.2. The number of aromatic nitrogens is 2. The molecule has 11 nitrogen and oxygen atoms in total. The van der Waals surface area contributed by atoms with Crippen molar-refractivity contribution in [2.24, 2.45) is 5.92 Å². The molecule has 15 heteroatoms. The molecule has 55 heavy (non-hydrogen) atoms. The Morgan fingerprint density at radius 1 is 0.964 bits per heavy atom. The highest BCUT2D eigenvalue weighted by Gasteiger charge is 2.39. The Bertz CT molecular complexity index is 2100. The minimum Gasteiger partial charge on any atom is -0.481 e. The van der Waals surface area contributed by atoms with E-state index in [1.807, 2.05) is 48.5 Å². The van der Waals surface area contributed by atoms with E-state index in [2.05, 4.69) is 15.6 Å². The van der Waals surface area contributed by atoms with Crippen LogP contribution in [0.1, 0.15) is 59.6 Å². The van der Waals surface area contributed by atoms with Crippen LogP contribution in [0.25, 0.3) is 22.4 Å². The Morgan fingerprint density at radius 2 is 1.71 bits per heavy atom. The molecule has 0 saturated carbocycles. The highest BCUT2D eigenvalue weighted by molar-refractivity contribution is 6.36. The maximum absolute atomic E-state index is 14.5. The van der Waals surface area contributed by atoms with Gasteiger partial charge < -0.3 is 30.0 Å². The molecule has 1 aliphatic carbocycles. The lowest BCUT2D eigenvalue weighted by Crippen LogP contribution is -2.35. The molecule has 0 bridgehead atoms. The number of methoxy groups -OCH3 is 2. The Labute approximate surface area is 321 Å². The van der Waals surface area contributed by atoms with Gasteiger partial charge >= 0.3 is 12.1 Å². The van der Waals surface area contributed by atoms with Crippen LogP contribution in [0, 0.1) is 5.92 Å². The van der Waals surface area contributed by atoms with E-state index in [-0.39, 0.29) is 36.5 Å². The molecule has 290 valence electrons. The molecule has 1 amide bonds. The zero-order valence-corrected chi connectivity index (χ0v) is 31.1. The van der Waals surface area contributed by atoms with Gasteiger partial charge in [-0.25, -0.2) is 4.98 Å². The molecule has 4 aromatic rings. The molecule has 2 aromatic heterocycles. The van der Waals surface area contributed by atoms with Crippen LogP contribution in [0.15, 0.2) is 54.6 Å². The van der Waals surface area contributed by atoms with Gasteiger partial charge in [0.2, 0.25) is 23.5 Å². The van der Waals surface area contributed by atoms with Crippen LogP contribution in [0.2, 0.25) is 5.02 Å². The lowest BCUT2D eigenvalue weighted by molar-refractivity contribution is -0.141. The number of hydrogen-bond acceptors (Lipinski definition) is 9. The standard InChI is InChI=1S/C40H41ClF3N5O6/c1-53-36-22(18-45-19-25-10-14-34(50)46-25)9-12-32(47-36)30-8-4-7-29(35(30)41)26-5-3-6-28-27(26)11-13-33(28)55-38-31(40(42,43)44)17-24(37(48-38)54-2)21-49-16-15-23(20-49)39(51)52/h3-9,12,17,23,25,33,45H,10-11,13-16,18-21H2,1-2H3,(H,46,50)(H,51,52)/t23-,25-,33-/m0/s1. The molecule has 2 aliphatic heterocycles. The third-order valence-electron chi connectivity index (χ3n) is 10.5. The van der Waals surface area contributed by atoms with Gasteiger partial charge in [-0.3, -0.25) is 14.5 Å². The van der Waals surface area contributed by atoms with Gasteiger partial charge in [0.05, 0.1) is 30.9 Å². The quantitative estimate of drug-likeness (QED) is 0.132. The Balaban J connectivity index is 1.12. The van der Waals surface area contributed by atoms with Gasteiger partial charge in [0.1, 0.15) is 11.7 Å². The predicted octanol–water partition coefficient (Wildman–Crippen LogP) is 6.84. The first kappa shape index (κ1) is 38.4. The number of aliphatic carboxylic acids is 1. The van der Waals surface area contributed by atoms with Crippen LogP contribution in [0.4, 0.5) is 13.2 Å². The second kappa shape index (κ2) is 16.0. The minimum atomic E-state index is -4.77. The molecule has 0 radical (unpaired) electrons. The summed E-state index contributed by atoms with van der Waals surface area (Å²) in [6.45, 7) is 1.86. The molecule has 3 aliphatic rings. The third-order valence-corrected chi connectivity index (χ3v) is 10.9. The number of alkyl halides is 3. The number of nitrogens with zero attached hydrogens (tertiary/aromatic N) is 3. The van der Waals surface area contributed by atoms with Crippen molar-refractivity contribution in [3.05, 3.63) is 87.4 Å². The van der Waals surface area contributed by atoms with Gasteiger partial charge in [-0.05, 0) is 61.1 Å². The topological polar surface area (TPSA) is 135 Å². The Morgan fingerprint density at radius 3 is 2.42 bits per heavy atom. The number of likely N-dealkylation sites (tertiary alicyclic amines) is 1. The van der Waals surface area contributed by atoms with Crippen molar-refractivity contribution in [1.82, 2.24) is 25.5 Å². The summed E-state index contributed by atoms with van der Waals surface area (Å²) in [5.74, 6) is -1.58. The number of halogens is 4. The van der Waals surface area contributed by atoms with Gasteiger partial charge in [0.25, 0.3) is 0 Å². The SMILES string of the molecule is COc1nc(-c2cccc(-c3cccc4c3CC[C@@H]4Oc3nc(OC)c(CN4CC[C@H](C(=O)O)C4)cc3C(F)(F)F)c2Cl)ccc1CNC[C@@H]1CCC(=O)N1. The van der Waals surface area contributed by atoms with Crippen molar-refractivity contribution in [2.45, 2.75) is 63.5 Å². The number of carbonyl (C=O) groups excluding carboxylic acids is 1. The monoisotopic (exact) mass is 779 g/mol. The molecule has 7 rings (SSSR count).